The number of benzene rings is 3. The van der Waals surface area contributed by atoms with Crippen LogP contribution < -0.4 is 0 Å². The molecular weight excluding hydrogens is 480 g/mol. The summed E-state index contributed by atoms with van der Waals surface area (Å²) < 4.78 is 34.3. The zero-order valence-electron chi connectivity index (χ0n) is 22.2. The molecule has 0 aliphatic rings. The Bertz CT molecular complexity index is 884. The summed E-state index contributed by atoms with van der Waals surface area (Å²) >= 11 is 0. The maximum atomic E-state index is 6.70. The fraction of sp³-hybridized carbons (Fsp3) is 0.375. The summed E-state index contributed by atoms with van der Waals surface area (Å²) in [4.78, 5) is 0. The van der Waals surface area contributed by atoms with E-state index in [1.807, 2.05) is 54.6 Å². The minimum atomic E-state index is -0.733. The highest BCUT2D eigenvalue weighted by Crippen LogP contribution is 2.40. The lowest BCUT2D eigenvalue weighted by atomic mass is 9.80. The van der Waals surface area contributed by atoms with Crippen LogP contribution in [-0.4, -0.2) is 72.7 Å². The number of hydrogen-bond donors (Lipinski definition) is 0. The van der Waals surface area contributed by atoms with Crippen molar-refractivity contribution in [3.8, 4) is 0 Å². The Hall–Kier alpha value is -2.84. The Labute approximate surface area is 227 Å². The van der Waals surface area contributed by atoms with Gasteiger partial charge in [-0.05, 0) is 16.7 Å². The Morgan fingerprint density at radius 2 is 0.763 bits per heavy atom. The third kappa shape index (κ3) is 9.80. The first kappa shape index (κ1) is 29.7. The molecule has 3 aromatic carbocycles. The van der Waals surface area contributed by atoms with Gasteiger partial charge in [-0.15, -0.1) is 6.58 Å². The lowest BCUT2D eigenvalue weighted by Crippen LogP contribution is -2.34. The minimum Gasteiger partial charge on any atom is -0.377 e. The van der Waals surface area contributed by atoms with E-state index in [0.29, 0.717) is 72.7 Å². The second kappa shape index (κ2) is 18.4. The molecule has 3 aromatic rings. The lowest BCUT2D eigenvalue weighted by molar-refractivity contribution is -0.0390. The predicted molar refractivity (Wildman–Crippen MR) is 149 cm³/mol. The first-order valence-corrected chi connectivity index (χ1v) is 13.2. The van der Waals surface area contributed by atoms with E-state index >= 15 is 0 Å². The maximum absolute atomic E-state index is 6.70. The molecule has 0 saturated carbocycles. The van der Waals surface area contributed by atoms with Crippen LogP contribution in [0.5, 0.6) is 0 Å². The average Bonchev–Trinajstić information content (AvgIpc) is 2.98. The first-order valence-electron chi connectivity index (χ1n) is 13.2. The van der Waals surface area contributed by atoms with Crippen molar-refractivity contribution in [2.24, 2.45) is 0 Å². The molecule has 3 rings (SSSR count). The van der Waals surface area contributed by atoms with Gasteiger partial charge in [0.2, 0.25) is 0 Å². The molecular formula is C32H40O6. The lowest BCUT2D eigenvalue weighted by Gasteiger charge is -2.36. The Kier molecular flexibility index (Phi) is 14.4. The Balaban J connectivity index is 1.38. The third-order valence-electron chi connectivity index (χ3n) is 5.81. The molecule has 0 aliphatic carbocycles. The molecule has 0 radical (unpaired) electrons. The average molecular weight is 521 g/mol. The van der Waals surface area contributed by atoms with Crippen molar-refractivity contribution in [3.05, 3.63) is 120 Å². The molecule has 38 heavy (non-hydrogen) atoms. The fourth-order valence-corrected chi connectivity index (χ4v) is 4.07. The van der Waals surface area contributed by atoms with Crippen molar-refractivity contribution >= 4 is 0 Å². The molecule has 0 N–H and O–H groups in total. The summed E-state index contributed by atoms with van der Waals surface area (Å²) in [6.07, 6.45) is 1.72. The van der Waals surface area contributed by atoms with Crippen molar-refractivity contribution in [1.29, 1.82) is 0 Å². The molecule has 6 heteroatoms. The highest BCUT2D eigenvalue weighted by atomic mass is 16.6. The van der Waals surface area contributed by atoms with Crippen LogP contribution >= 0.6 is 0 Å². The normalized spacial score (nSPS) is 11.5. The zero-order valence-corrected chi connectivity index (χ0v) is 22.2. The van der Waals surface area contributed by atoms with Crippen LogP contribution in [0.15, 0.2) is 104 Å². The van der Waals surface area contributed by atoms with E-state index in [1.165, 1.54) is 0 Å². The second-order valence-corrected chi connectivity index (χ2v) is 8.44. The Morgan fingerprint density at radius 1 is 0.447 bits per heavy atom. The summed E-state index contributed by atoms with van der Waals surface area (Å²) in [6.45, 7) is 9.25. The number of ether oxygens (including phenoxy) is 6. The van der Waals surface area contributed by atoms with Gasteiger partial charge in [-0.1, -0.05) is 97.1 Å². The van der Waals surface area contributed by atoms with Gasteiger partial charge >= 0.3 is 0 Å². The van der Waals surface area contributed by atoms with Gasteiger partial charge in [-0.2, -0.15) is 0 Å². The van der Waals surface area contributed by atoms with Crippen LogP contribution in [0.4, 0.5) is 0 Å². The van der Waals surface area contributed by atoms with Crippen LogP contribution in [0.1, 0.15) is 16.7 Å². The molecule has 0 atom stereocenters. The van der Waals surface area contributed by atoms with Gasteiger partial charge in [0.1, 0.15) is 5.60 Å². The smallest absolute Gasteiger partial charge is 0.143 e. The molecule has 0 bridgehead atoms. The molecule has 0 saturated heterocycles. The van der Waals surface area contributed by atoms with Crippen LogP contribution in [0.2, 0.25) is 0 Å². The van der Waals surface area contributed by atoms with Crippen molar-refractivity contribution in [2.75, 3.05) is 72.7 Å². The minimum absolute atomic E-state index is 0.431. The van der Waals surface area contributed by atoms with Crippen molar-refractivity contribution < 1.29 is 28.4 Å². The summed E-state index contributed by atoms with van der Waals surface area (Å²) in [5.41, 5.74) is 2.50. The van der Waals surface area contributed by atoms with Gasteiger partial charge in [-0.25, -0.2) is 0 Å². The predicted octanol–water partition coefficient (Wildman–Crippen LogP) is 5.26. The van der Waals surface area contributed by atoms with Gasteiger partial charge < -0.3 is 28.4 Å². The largest absolute Gasteiger partial charge is 0.377 e. The van der Waals surface area contributed by atoms with E-state index in [-0.39, 0.29) is 0 Å². The second-order valence-electron chi connectivity index (χ2n) is 8.44. The zero-order chi connectivity index (χ0) is 26.6. The van der Waals surface area contributed by atoms with Gasteiger partial charge in [0, 0.05) is 0 Å². The summed E-state index contributed by atoms with van der Waals surface area (Å²) in [6, 6.07) is 31.0. The van der Waals surface area contributed by atoms with E-state index < -0.39 is 5.60 Å². The van der Waals surface area contributed by atoms with Crippen LogP contribution in [0, 0.1) is 0 Å². The summed E-state index contributed by atoms with van der Waals surface area (Å²) in [7, 11) is 0. The third-order valence-corrected chi connectivity index (χ3v) is 5.81. The van der Waals surface area contributed by atoms with Gasteiger partial charge in [0.25, 0.3) is 0 Å². The van der Waals surface area contributed by atoms with E-state index in [1.54, 1.807) is 6.08 Å². The SMILES string of the molecule is C=CCOCCOCCOCCOCCOCCOC(c1ccccc1)(c1ccccc1)c1ccccc1. The molecule has 0 spiro atoms. The molecule has 204 valence electrons. The van der Waals surface area contributed by atoms with Crippen LogP contribution in [-0.2, 0) is 34.0 Å². The standard InChI is InChI=1S/C32H40O6/c1-2-18-33-19-20-34-21-22-35-23-24-36-25-26-37-27-28-38-32(29-12-6-3-7-13-29,30-14-8-4-9-15-30)31-16-10-5-11-17-31/h2-17H,1,18-28H2. The number of hydrogen-bond acceptors (Lipinski definition) is 6. The molecule has 0 unspecified atom stereocenters. The van der Waals surface area contributed by atoms with E-state index in [0.717, 1.165) is 16.7 Å². The van der Waals surface area contributed by atoms with E-state index in [2.05, 4.69) is 43.0 Å². The van der Waals surface area contributed by atoms with Crippen molar-refractivity contribution in [3.63, 3.8) is 0 Å². The van der Waals surface area contributed by atoms with Crippen LogP contribution in [0.3, 0.4) is 0 Å². The maximum Gasteiger partial charge on any atom is 0.143 e. The quantitative estimate of drug-likeness (QED) is 0.108. The van der Waals surface area contributed by atoms with Crippen molar-refractivity contribution in [1.82, 2.24) is 0 Å². The highest BCUT2D eigenvalue weighted by Gasteiger charge is 2.37. The van der Waals surface area contributed by atoms with E-state index in [4.69, 9.17) is 28.4 Å². The molecule has 0 heterocycles. The summed E-state index contributed by atoms with van der Waals surface area (Å²) in [5, 5.41) is 0. The molecule has 0 fully saturated rings. The molecule has 6 nitrogen and oxygen atoms in total. The van der Waals surface area contributed by atoms with Gasteiger partial charge in [-0.3, -0.25) is 0 Å². The fourth-order valence-electron chi connectivity index (χ4n) is 4.07. The topological polar surface area (TPSA) is 55.4 Å². The van der Waals surface area contributed by atoms with Crippen molar-refractivity contribution in [2.45, 2.75) is 5.60 Å². The highest BCUT2D eigenvalue weighted by molar-refractivity contribution is 5.47. The first-order chi connectivity index (χ1) is 18.9. The Morgan fingerprint density at radius 3 is 1.11 bits per heavy atom. The van der Waals surface area contributed by atoms with E-state index in [9.17, 15) is 0 Å². The number of rotatable bonds is 21. The molecule has 0 aromatic heterocycles. The molecule has 0 amide bonds. The molecule has 0 aliphatic heterocycles. The van der Waals surface area contributed by atoms with Gasteiger partial charge in [0.05, 0.1) is 72.7 Å². The monoisotopic (exact) mass is 520 g/mol. The van der Waals surface area contributed by atoms with Crippen LogP contribution in [0.25, 0.3) is 0 Å². The van der Waals surface area contributed by atoms with Gasteiger partial charge in [0.15, 0.2) is 0 Å². The summed E-state index contributed by atoms with van der Waals surface area (Å²) in [5.74, 6) is 0.